The molecule has 0 bridgehead atoms. The number of methoxy groups -OCH3 is 1. The number of fused-ring (bicyclic) bond motifs is 1. The van der Waals surface area contributed by atoms with Crippen LogP contribution in [0.4, 0.5) is 8.78 Å². The molecule has 208 valence electrons. The van der Waals surface area contributed by atoms with Gasteiger partial charge in [0.25, 0.3) is 0 Å². The molecule has 0 aliphatic carbocycles. The lowest BCUT2D eigenvalue weighted by atomic mass is 9.81. The number of aromatic nitrogens is 1. The summed E-state index contributed by atoms with van der Waals surface area (Å²) in [7, 11) is 1.59. The number of pyridine rings is 1. The molecule has 11 heteroatoms. The monoisotopic (exact) mass is 588 g/mol. The van der Waals surface area contributed by atoms with Gasteiger partial charge < -0.3 is 19.8 Å². The number of aliphatic hydroxyl groups is 1. The minimum absolute atomic E-state index is 0. The average molecular weight is 590 g/mol. The summed E-state index contributed by atoms with van der Waals surface area (Å²) < 4.78 is 32.1. The van der Waals surface area contributed by atoms with Crippen molar-refractivity contribution in [2.75, 3.05) is 32.5 Å². The van der Waals surface area contributed by atoms with E-state index in [2.05, 4.69) is 9.88 Å². The van der Waals surface area contributed by atoms with Crippen LogP contribution in [0.15, 0.2) is 53.6 Å². The number of aliphatic hydroxyl groups excluding tert-OH is 1. The zero-order chi connectivity index (χ0) is 25.7. The van der Waals surface area contributed by atoms with Crippen LogP contribution in [0.25, 0.3) is 10.9 Å². The van der Waals surface area contributed by atoms with Crippen molar-refractivity contribution >= 4 is 53.4 Å². The molecule has 1 unspecified atom stereocenters. The van der Waals surface area contributed by atoms with Gasteiger partial charge in [0.1, 0.15) is 17.4 Å². The summed E-state index contributed by atoms with van der Waals surface area (Å²) in [4.78, 5) is 19.0. The summed E-state index contributed by atoms with van der Waals surface area (Å²) in [6, 6.07) is 10.8. The van der Waals surface area contributed by atoms with Gasteiger partial charge in [0, 0.05) is 41.4 Å². The van der Waals surface area contributed by atoms with Crippen molar-refractivity contribution in [1.29, 1.82) is 0 Å². The first-order valence-electron chi connectivity index (χ1n) is 12.0. The van der Waals surface area contributed by atoms with Crippen LogP contribution in [0.5, 0.6) is 5.75 Å². The molecule has 6 nitrogen and oxygen atoms in total. The molecule has 2 N–H and O–H groups in total. The van der Waals surface area contributed by atoms with Crippen LogP contribution in [0.1, 0.15) is 30.9 Å². The third-order valence-electron chi connectivity index (χ3n) is 6.82. The van der Waals surface area contributed by atoms with Crippen LogP contribution in [-0.4, -0.2) is 58.6 Å². The molecule has 3 aromatic rings. The van der Waals surface area contributed by atoms with E-state index in [-0.39, 0.29) is 30.7 Å². The van der Waals surface area contributed by atoms with Crippen LogP contribution in [0.2, 0.25) is 0 Å². The number of likely N-dealkylation sites (tertiary alicyclic amines) is 1. The fourth-order valence-corrected chi connectivity index (χ4v) is 5.87. The van der Waals surface area contributed by atoms with Crippen LogP contribution in [-0.2, 0) is 4.79 Å². The number of nitrogens with zero attached hydrogens (tertiary/aromatic N) is 2. The summed E-state index contributed by atoms with van der Waals surface area (Å²) in [5, 5.41) is 21.7. The lowest BCUT2D eigenvalue weighted by Crippen LogP contribution is -2.44. The van der Waals surface area contributed by atoms with Crippen molar-refractivity contribution in [2.45, 2.75) is 30.3 Å². The first-order valence-corrected chi connectivity index (χ1v) is 13.0. The van der Waals surface area contributed by atoms with Gasteiger partial charge in [0.05, 0.1) is 24.6 Å². The minimum atomic E-state index is -0.835. The summed E-state index contributed by atoms with van der Waals surface area (Å²) >= 11 is 1.35. The van der Waals surface area contributed by atoms with Crippen LogP contribution < -0.4 is 4.74 Å². The zero-order valence-electron chi connectivity index (χ0n) is 20.9. The van der Waals surface area contributed by atoms with Gasteiger partial charge in [-0.15, -0.1) is 36.6 Å². The number of hydrogen-bond donors (Lipinski definition) is 2. The molecule has 2 aromatic carbocycles. The molecule has 1 aliphatic heterocycles. The summed E-state index contributed by atoms with van der Waals surface area (Å²) in [6.07, 6.45) is 2.69. The Balaban J connectivity index is 0.00000253. The van der Waals surface area contributed by atoms with E-state index < -0.39 is 29.6 Å². The van der Waals surface area contributed by atoms with E-state index in [1.807, 2.05) is 18.2 Å². The fourth-order valence-electron chi connectivity index (χ4n) is 4.89. The number of benzene rings is 2. The maximum atomic E-state index is 13.4. The molecule has 1 aromatic heterocycles. The van der Waals surface area contributed by atoms with Gasteiger partial charge in [-0.2, -0.15) is 0 Å². The molecule has 38 heavy (non-hydrogen) atoms. The van der Waals surface area contributed by atoms with E-state index in [0.717, 1.165) is 29.1 Å². The first-order chi connectivity index (χ1) is 17.3. The van der Waals surface area contributed by atoms with Gasteiger partial charge in [-0.25, -0.2) is 8.78 Å². The third kappa shape index (κ3) is 8.16. The number of rotatable bonds is 10. The molecule has 0 radical (unpaired) electrons. The van der Waals surface area contributed by atoms with E-state index in [1.54, 1.807) is 19.4 Å². The maximum Gasteiger partial charge on any atom is 0.308 e. The number of hydrogen-bond acceptors (Lipinski definition) is 6. The molecule has 1 saturated heterocycles. The second kappa shape index (κ2) is 14.8. The predicted molar refractivity (Wildman–Crippen MR) is 150 cm³/mol. The second-order valence-electron chi connectivity index (χ2n) is 9.12. The summed E-state index contributed by atoms with van der Waals surface area (Å²) in [5.74, 6) is -1.33. The number of carboxylic acid groups (broad SMARTS) is 1. The number of carbonyl (C=O) groups is 1. The largest absolute Gasteiger partial charge is 0.497 e. The first kappa shape index (κ1) is 32.0. The average Bonchev–Trinajstić information content (AvgIpc) is 2.86. The Morgan fingerprint density at radius 1 is 1.18 bits per heavy atom. The highest BCUT2D eigenvalue weighted by Gasteiger charge is 2.34. The number of halogens is 4. The Morgan fingerprint density at radius 3 is 2.61 bits per heavy atom. The van der Waals surface area contributed by atoms with Crippen molar-refractivity contribution in [2.24, 2.45) is 11.8 Å². The number of piperidine rings is 1. The molecule has 1 fully saturated rings. The van der Waals surface area contributed by atoms with Crippen molar-refractivity contribution in [1.82, 2.24) is 9.88 Å². The quantitative estimate of drug-likeness (QED) is 0.281. The van der Waals surface area contributed by atoms with E-state index in [9.17, 15) is 23.8 Å². The van der Waals surface area contributed by atoms with Crippen LogP contribution in [0.3, 0.4) is 0 Å². The molecule has 0 amide bonds. The molecule has 2 heterocycles. The Kier molecular flexibility index (Phi) is 12.5. The van der Waals surface area contributed by atoms with Gasteiger partial charge in [-0.1, -0.05) is 0 Å². The second-order valence-corrected chi connectivity index (χ2v) is 10.3. The Hall–Kier alpha value is -2.17. The third-order valence-corrected chi connectivity index (χ3v) is 7.78. The van der Waals surface area contributed by atoms with E-state index in [4.69, 9.17) is 4.74 Å². The lowest BCUT2D eigenvalue weighted by Gasteiger charge is -2.37. The molecular formula is C27H32Cl2F2N2O4S. The molecule has 0 saturated carbocycles. The molecule has 4 rings (SSSR count). The number of aliphatic carboxylic acids is 1. The van der Waals surface area contributed by atoms with Crippen molar-refractivity contribution in [3.05, 3.63) is 65.9 Å². The topological polar surface area (TPSA) is 82.9 Å². The normalized spacial score (nSPS) is 18.3. The lowest BCUT2D eigenvalue weighted by molar-refractivity contribution is -0.146. The van der Waals surface area contributed by atoms with Gasteiger partial charge in [-0.05, 0) is 73.7 Å². The fraction of sp³-hybridized carbons (Fsp3) is 0.407. The Bertz CT molecular complexity index is 1200. The SMILES string of the molecule is COc1ccc2nccc(C(O)CC[C@@H]3CCN(CCSc4cc(F)cc(F)c4)C[C@@H]3C(=O)O)c2c1.Cl.Cl. The highest BCUT2D eigenvalue weighted by Crippen LogP contribution is 2.34. The molecule has 1 aliphatic rings. The van der Waals surface area contributed by atoms with Crippen molar-refractivity contribution in [3.8, 4) is 5.75 Å². The van der Waals surface area contributed by atoms with E-state index in [0.29, 0.717) is 48.7 Å². The molecule has 0 spiro atoms. The zero-order valence-corrected chi connectivity index (χ0v) is 23.3. The molecular weight excluding hydrogens is 557 g/mol. The summed E-state index contributed by atoms with van der Waals surface area (Å²) in [5.41, 5.74) is 1.52. The standard InChI is InChI=1S/C27H30F2N2O4S.2ClH/c1-35-20-3-4-25-23(15-20)22(6-8-30-25)26(32)5-2-17-7-9-31(16-24(17)27(33)34)10-11-36-21-13-18(28)12-19(29)14-21;;/h3-4,6,8,12-15,17,24,26,32H,2,5,7,9-11,16H2,1H3,(H,33,34);2*1H/t17-,24+,26?;;/m1../s1. The number of carboxylic acids is 1. The van der Waals surface area contributed by atoms with E-state index in [1.165, 1.54) is 23.9 Å². The van der Waals surface area contributed by atoms with E-state index >= 15 is 0 Å². The highest BCUT2D eigenvalue weighted by molar-refractivity contribution is 7.99. The summed E-state index contributed by atoms with van der Waals surface area (Å²) in [6.45, 7) is 1.80. The van der Waals surface area contributed by atoms with Crippen molar-refractivity contribution < 1.29 is 28.5 Å². The van der Waals surface area contributed by atoms with Gasteiger partial charge in [0.2, 0.25) is 0 Å². The van der Waals surface area contributed by atoms with Crippen molar-refractivity contribution in [3.63, 3.8) is 0 Å². The Labute approximate surface area is 237 Å². The highest BCUT2D eigenvalue weighted by atomic mass is 35.5. The minimum Gasteiger partial charge on any atom is -0.497 e. The van der Waals surface area contributed by atoms with Gasteiger partial charge in [-0.3, -0.25) is 9.78 Å². The Morgan fingerprint density at radius 2 is 1.92 bits per heavy atom. The van der Waals surface area contributed by atoms with Crippen LogP contribution in [0, 0.1) is 23.5 Å². The number of ether oxygens (including phenoxy) is 1. The van der Waals surface area contributed by atoms with Crippen LogP contribution >= 0.6 is 36.6 Å². The van der Waals surface area contributed by atoms with Gasteiger partial charge >= 0.3 is 5.97 Å². The maximum absolute atomic E-state index is 13.4. The molecule has 3 atom stereocenters. The predicted octanol–water partition coefficient (Wildman–Crippen LogP) is 5.99. The number of thioether (sulfide) groups is 1. The van der Waals surface area contributed by atoms with Gasteiger partial charge in [0.15, 0.2) is 0 Å². The smallest absolute Gasteiger partial charge is 0.308 e.